The number of nitrogens with zero attached hydrogens (tertiary/aromatic N) is 6. The van der Waals surface area contributed by atoms with Crippen molar-refractivity contribution in [1.29, 1.82) is 0 Å². The highest BCUT2D eigenvalue weighted by atomic mass is 35.5. The van der Waals surface area contributed by atoms with Crippen LogP contribution in [0.5, 0.6) is 5.75 Å². The van der Waals surface area contributed by atoms with Gasteiger partial charge in [-0.1, -0.05) is 12.1 Å². The van der Waals surface area contributed by atoms with E-state index in [0.717, 1.165) is 5.56 Å². The fraction of sp³-hybridized carbons (Fsp3) is 0.364. The summed E-state index contributed by atoms with van der Waals surface area (Å²) in [5.74, 6) is 1.01. The second kappa shape index (κ2) is 11.1. The number of ether oxygens (including phenoxy) is 2. The summed E-state index contributed by atoms with van der Waals surface area (Å²) < 4.78 is 13.5. The van der Waals surface area contributed by atoms with E-state index in [1.165, 1.54) is 4.42 Å². The third-order valence-electron chi connectivity index (χ3n) is 5.36. The number of morpholine rings is 1. The van der Waals surface area contributed by atoms with E-state index < -0.39 is 6.04 Å². The monoisotopic (exact) mass is 487 g/mol. The van der Waals surface area contributed by atoms with Gasteiger partial charge in [-0.05, 0) is 17.7 Å². The zero-order chi connectivity index (χ0) is 23.9. The highest BCUT2D eigenvalue weighted by Crippen LogP contribution is 2.30. The molecule has 1 aliphatic heterocycles. The normalized spacial score (nSPS) is 14.5. The third kappa shape index (κ3) is 5.74. The van der Waals surface area contributed by atoms with Gasteiger partial charge in [-0.2, -0.15) is 5.10 Å². The number of hydrogen-bond acceptors (Lipinski definition) is 9. The SMILES string of the molecule is COc1cccc(C(CO)N(Cl)c2cnc(Nc3cnn(CC(=O)N4CCOCC4)c3)nc2)c1. The molecule has 11 nitrogen and oxygen atoms in total. The summed E-state index contributed by atoms with van der Waals surface area (Å²) in [4.78, 5) is 22.7. The number of methoxy groups -OCH3 is 1. The molecule has 1 atom stereocenters. The molecule has 0 radical (unpaired) electrons. The predicted molar refractivity (Wildman–Crippen MR) is 126 cm³/mol. The lowest BCUT2D eigenvalue weighted by Gasteiger charge is -2.26. The summed E-state index contributed by atoms with van der Waals surface area (Å²) in [6, 6.07) is 6.81. The molecule has 4 rings (SSSR count). The van der Waals surface area contributed by atoms with Gasteiger partial charge in [0.15, 0.2) is 0 Å². The molecule has 3 heterocycles. The molecule has 0 saturated carbocycles. The lowest BCUT2D eigenvalue weighted by atomic mass is 10.1. The topological polar surface area (TPSA) is 118 Å². The lowest BCUT2D eigenvalue weighted by molar-refractivity contribution is -0.136. The van der Waals surface area contributed by atoms with E-state index in [4.69, 9.17) is 21.3 Å². The van der Waals surface area contributed by atoms with Gasteiger partial charge in [0, 0.05) is 31.1 Å². The van der Waals surface area contributed by atoms with E-state index >= 15 is 0 Å². The van der Waals surface area contributed by atoms with Gasteiger partial charge in [-0.15, -0.1) is 0 Å². The third-order valence-corrected chi connectivity index (χ3v) is 5.79. The first kappa shape index (κ1) is 23.7. The number of benzene rings is 1. The van der Waals surface area contributed by atoms with Crippen LogP contribution in [0.4, 0.5) is 17.3 Å². The number of aliphatic hydroxyl groups is 1. The van der Waals surface area contributed by atoms with Crippen LogP contribution in [0.2, 0.25) is 0 Å². The van der Waals surface area contributed by atoms with Crippen LogP contribution in [0, 0.1) is 0 Å². The van der Waals surface area contributed by atoms with Crippen LogP contribution in [-0.2, 0) is 16.1 Å². The molecule has 1 aromatic carbocycles. The lowest BCUT2D eigenvalue weighted by Crippen LogP contribution is -2.42. The molecule has 1 fully saturated rings. The Morgan fingerprint density at radius 1 is 1.29 bits per heavy atom. The predicted octanol–water partition coefficient (Wildman–Crippen LogP) is 1.98. The van der Waals surface area contributed by atoms with Gasteiger partial charge in [0.25, 0.3) is 0 Å². The van der Waals surface area contributed by atoms with E-state index in [1.807, 2.05) is 24.3 Å². The maximum atomic E-state index is 12.4. The number of halogens is 1. The molecule has 34 heavy (non-hydrogen) atoms. The molecule has 1 amide bonds. The minimum absolute atomic E-state index is 0.00442. The fourth-order valence-corrected chi connectivity index (χ4v) is 3.79. The molecule has 12 heteroatoms. The Morgan fingerprint density at radius 3 is 2.76 bits per heavy atom. The smallest absolute Gasteiger partial charge is 0.244 e. The standard InChI is InChI=1S/C22H26ClN7O4/c1-33-19-4-2-3-16(9-19)20(15-31)30(23)18-11-24-22(25-12-18)27-17-10-26-29(13-17)14-21(32)28-5-7-34-8-6-28/h2-4,9-13,20,31H,5-8,14-15H2,1H3,(H,24,25,27). The number of carbonyl (C=O) groups is 1. The Bertz CT molecular complexity index is 1090. The highest BCUT2D eigenvalue weighted by molar-refractivity contribution is 6.25. The van der Waals surface area contributed by atoms with Crippen molar-refractivity contribution in [3.8, 4) is 5.75 Å². The molecule has 3 aromatic rings. The van der Waals surface area contributed by atoms with Crippen LogP contribution < -0.4 is 14.5 Å². The average molecular weight is 488 g/mol. The quantitative estimate of drug-likeness (QED) is 0.437. The molecule has 1 unspecified atom stereocenters. The summed E-state index contributed by atoms with van der Waals surface area (Å²) in [6.07, 6.45) is 6.42. The maximum Gasteiger partial charge on any atom is 0.244 e. The number of aromatic nitrogens is 4. The number of hydrogen-bond donors (Lipinski definition) is 2. The van der Waals surface area contributed by atoms with Gasteiger partial charge >= 0.3 is 0 Å². The van der Waals surface area contributed by atoms with Crippen molar-refractivity contribution in [1.82, 2.24) is 24.6 Å². The zero-order valence-electron chi connectivity index (χ0n) is 18.7. The number of nitrogens with one attached hydrogen (secondary N) is 1. The molecular formula is C22H26ClN7O4. The molecular weight excluding hydrogens is 462 g/mol. The number of amides is 1. The molecule has 1 saturated heterocycles. The fourth-order valence-electron chi connectivity index (χ4n) is 3.53. The first-order valence-electron chi connectivity index (χ1n) is 10.7. The Labute approximate surface area is 202 Å². The first-order valence-corrected chi connectivity index (χ1v) is 11.1. The van der Waals surface area contributed by atoms with Crippen molar-refractivity contribution in [2.75, 3.05) is 49.8 Å². The van der Waals surface area contributed by atoms with Crippen molar-refractivity contribution in [2.45, 2.75) is 12.6 Å². The van der Waals surface area contributed by atoms with E-state index in [1.54, 1.807) is 41.5 Å². The Hall–Kier alpha value is -3.41. The molecule has 0 spiro atoms. The van der Waals surface area contributed by atoms with Crippen molar-refractivity contribution in [3.63, 3.8) is 0 Å². The molecule has 180 valence electrons. The van der Waals surface area contributed by atoms with E-state index in [2.05, 4.69) is 20.4 Å². The largest absolute Gasteiger partial charge is 0.497 e. The Kier molecular flexibility index (Phi) is 7.78. The second-order valence-electron chi connectivity index (χ2n) is 7.60. The van der Waals surface area contributed by atoms with Crippen molar-refractivity contribution >= 4 is 35.0 Å². The summed E-state index contributed by atoms with van der Waals surface area (Å²) in [5.41, 5.74) is 1.95. The van der Waals surface area contributed by atoms with Crippen molar-refractivity contribution in [2.24, 2.45) is 0 Å². The first-order chi connectivity index (χ1) is 16.6. The average Bonchev–Trinajstić information content (AvgIpc) is 3.32. The summed E-state index contributed by atoms with van der Waals surface area (Å²) >= 11 is 6.51. The second-order valence-corrected chi connectivity index (χ2v) is 7.96. The van der Waals surface area contributed by atoms with Crippen LogP contribution in [0.25, 0.3) is 0 Å². The number of aliphatic hydroxyl groups excluding tert-OH is 1. The van der Waals surface area contributed by atoms with Gasteiger partial charge < -0.3 is 24.8 Å². The number of anilines is 3. The van der Waals surface area contributed by atoms with Gasteiger partial charge in [0.2, 0.25) is 11.9 Å². The number of carbonyl (C=O) groups excluding carboxylic acids is 1. The molecule has 0 aliphatic carbocycles. The van der Waals surface area contributed by atoms with Crippen molar-refractivity contribution in [3.05, 3.63) is 54.6 Å². The van der Waals surface area contributed by atoms with E-state index in [-0.39, 0.29) is 19.1 Å². The Morgan fingerprint density at radius 2 is 2.06 bits per heavy atom. The minimum atomic E-state index is -0.513. The summed E-state index contributed by atoms with van der Waals surface area (Å²) in [5, 5.41) is 17.2. The molecule has 2 aromatic heterocycles. The maximum absolute atomic E-state index is 12.4. The summed E-state index contributed by atoms with van der Waals surface area (Å²) in [7, 11) is 1.58. The number of rotatable bonds is 9. The minimum Gasteiger partial charge on any atom is -0.497 e. The van der Waals surface area contributed by atoms with Gasteiger partial charge in [-0.3, -0.25) is 13.9 Å². The van der Waals surface area contributed by atoms with Crippen LogP contribution in [0.3, 0.4) is 0 Å². The van der Waals surface area contributed by atoms with E-state index in [0.29, 0.717) is 49.4 Å². The van der Waals surface area contributed by atoms with Crippen LogP contribution in [0.1, 0.15) is 11.6 Å². The Balaban J connectivity index is 1.37. The van der Waals surface area contributed by atoms with Crippen molar-refractivity contribution < 1.29 is 19.4 Å². The van der Waals surface area contributed by atoms with Gasteiger partial charge in [0.05, 0.1) is 62.9 Å². The van der Waals surface area contributed by atoms with Crippen LogP contribution in [-0.4, -0.2) is 75.7 Å². The van der Waals surface area contributed by atoms with Gasteiger partial charge in [-0.25, -0.2) is 9.97 Å². The molecule has 1 aliphatic rings. The van der Waals surface area contributed by atoms with Crippen LogP contribution >= 0.6 is 11.8 Å². The summed E-state index contributed by atoms with van der Waals surface area (Å²) in [6.45, 7) is 2.25. The molecule has 2 N–H and O–H groups in total. The van der Waals surface area contributed by atoms with Gasteiger partial charge in [0.1, 0.15) is 12.3 Å². The zero-order valence-corrected chi connectivity index (χ0v) is 19.4. The highest BCUT2D eigenvalue weighted by Gasteiger charge is 2.21. The van der Waals surface area contributed by atoms with E-state index in [9.17, 15) is 9.90 Å². The van der Waals surface area contributed by atoms with Crippen LogP contribution in [0.15, 0.2) is 49.1 Å². The molecule has 0 bridgehead atoms.